The van der Waals surface area contributed by atoms with Gasteiger partial charge >= 0.3 is 12.2 Å². The molecule has 5 N–H and O–H groups in total. The van der Waals surface area contributed by atoms with E-state index in [4.69, 9.17) is 19.9 Å². The molecule has 0 saturated heterocycles. The van der Waals surface area contributed by atoms with Gasteiger partial charge in [-0.15, -0.1) is 0 Å². The summed E-state index contributed by atoms with van der Waals surface area (Å²) >= 11 is 0. The number of rotatable bonds is 20. The molecule has 2 unspecified atom stereocenters. The maximum absolute atomic E-state index is 13.7. The average Bonchev–Trinajstić information content (AvgIpc) is 3.52. The number of hydrogen-bond acceptors (Lipinski definition) is 10. The van der Waals surface area contributed by atoms with Gasteiger partial charge in [-0.25, -0.2) is 9.59 Å². The van der Waals surface area contributed by atoms with E-state index in [1.807, 2.05) is 38.1 Å². The van der Waals surface area contributed by atoms with Crippen LogP contribution < -0.4 is 26.4 Å². The normalized spacial score (nSPS) is 12.7. The molecule has 0 aliphatic heterocycles. The number of fused-ring (bicyclic) bond motifs is 3. The van der Waals surface area contributed by atoms with E-state index in [1.165, 1.54) is 46.5 Å². The number of carbonyl (C=O) groups is 5. The van der Waals surface area contributed by atoms with E-state index in [1.54, 1.807) is 24.3 Å². The Kier molecular flexibility index (Phi) is 15.0. The number of hydrogen-bond donors (Lipinski definition) is 4. The van der Waals surface area contributed by atoms with Crippen LogP contribution in [0.3, 0.4) is 0 Å². The number of ether oxygens (including phenoxy) is 3. The number of benzene rings is 4. The third-order valence-corrected chi connectivity index (χ3v) is 9.72. The summed E-state index contributed by atoms with van der Waals surface area (Å²) in [4.78, 5) is 73.9. The molecule has 0 bridgehead atoms. The number of Topliss-reactive ketones (excluding diaryl/α,β-unsaturated/α-hetero) is 1. The summed E-state index contributed by atoms with van der Waals surface area (Å²) in [5.41, 5.74) is 10.8. The second-order valence-corrected chi connectivity index (χ2v) is 14.2. The van der Waals surface area contributed by atoms with Crippen LogP contribution in [0, 0.1) is 22.0 Å². The second-order valence-electron chi connectivity index (χ2n) is 14.2. The van der Waals surface area contributed by atoms with Crippen LogP contribution in [-0.2, 0) is 30.5 Å². The molecule has 15 heteroatoms. The Hall–Kier alpha value is -6.61. The predicted octanol–water partition coefficient (Wildman–Crippen LogP) is 6.63. The van der Waals surface area contributed by atoms with Gasteiger partial charge in [0, 0.05) is 49.0 Å². The molecule has 15 nitrogen and oxygen atoms in total. The van der Waals surface area contributed by atoms with Gasteiger partial charge in [0.05, 0.1) is 24.2 Å². The molecule has 5 rings (SSSR count). The number of nitro groups is 1. The molecule has 0 saturated carbocycles. The highest BCUT2D eigenvalue weighted by molar-refractivity contribution is 5.97. The summed E-state index contributed by atoms with van der Waals surface area (Å²) in [6.07, 6.45) is -0.499. The Balaban J connectivity index is 1.11. The third-order valence-electron chi connectivity index (χ3n) is 9.72. The third kappa shape index (κ3) is 11.9. The van der Waals surface area contributed by atoms with E-state index in [0.717, 1.165) is 0 Å². The van der Waals surface area contributed by atoms with Gasteiger partial charge in [0.15, 0.2) is 5.78 Å². The van der Waals surface area contributed by atoms with Crippen molar-refractivity contribution < 1.29 is 43.1 Å². The lowest BCUT2D eigenvalue weighted by atomic mass is 9.89. The number of ketones is 1. The second kappa shape index (κ2) is 20.5. The maximum Gasteiger partial charge on any atom is 0.514 e. The topological polar surface area (TPSA) is 218 Å². The molecule has 4 amide bonds. The molecule has 0 heterocycles. The molecule has 4 aromatic carbocycles. The molecule has 2 atom stereocenters. The zero-order valence-electron chi connectivity index (χ0n) is 32.3. The molecular weight excluding hydrogens is 746 g/mol. The molecular formula is C43H47N5O10. The molecule has 4 aromatic rings. The summed E-state index contributed by atoms with van der Waals surface area (Å²) in [6.45, 7) is 4.27. The van der Waals surface area contributed by atoms with Gasteiger partial charge in [-0.3, -0.25) is 24.5 Å². The summed E-state index contributed by atoms with van der Waals surface area (Å²) < 4.78 is 16.2. The minimum Gasteiger partial charge on any atom is -0.429 e. The Bertz CT molecular complexity index is 2040. The lowest BCUT2D eigenvalue weighted by Gasteiger charge is -2.24. The van der Waals surface area contributed by atoms with Crippen LogP contribution in [0.1, 0.15) is 62.1 Å². The van der Waals surface area contributed by atoms with Crippen molar-refractivity contribution in [2.75, 3.05) is 25.1 Å². The minimum atomic E-state index is -1.01. The number of nitrogens with one attached hydrogen (secondary N) is 3. The lowest BCUT2D eigenvalue weighted by molar-refractivity contribution is -0.384. The van der Waals surface area contributed by atoms with Crippen LogP contribution in [0.4, 0.5) is 21.0 Å². The van der Waals surface area contributed by atoms with Crippen molar-refractivity contribution in [3.8, 4) is 16.9 Å². The Labute approximate surface area is 335 Å². The Morgan fingerprint density at radius 3 is 2.10 bits per heavy atom. The van der Waals surface area contributed by atoms with Crippen LogP contribution in [0.15, 0.2) is 97.1 Å². The first-order valence-corrected chi connectivity index (χ1v) is 19.0. The maximum atomic E-state index is 13.7. The van der Waals surface area contributed by atoms with Gasteiger partial charge in [0.2, 0.25) is 11.8 Å². The number of nitrogens with two attached hydrogens (primary N) is 1. The highest BCUT2D eigenvalue weighted by atomic mass is 16.7. The van der Waals surface area contributed by atoms with Crippen molar-refractivity contribution in [2.24, 2.45) is 17.6 Å². The minimum absolute atomic E-state index is 0.0528. The van der Waals surface area contributed by atoms with Crippen molar-refractivity contribution in [2.45, 2.75) is 58.1 Å². The quantitative estimate of drug-likeness (QED) is 0.0246. The molecule has 0 fully saturated rings. The van der Waals surface area contributed by atoms with Crippen LogP contribution in [-0.4, -0.2) is 60.5 Å². The van der Waals surface area contributed by atoms with Crippen LogP contribution >= 0.6 is 0 Å². The zero-order chi connectivity index (χ0) is 41.6. The molecule has 304 valence electrons. The highest BCUT2D eigenvalue weighted by Crippen LogP contribution is 2.44. The predicted molar refractivity (Wildman–Crippen MR) is 215 cm³/mol. The van der Waals surface area contributed by atoms with E-state index < -0.39 is 35.0 Å². The fourth-order valence-electron chi connectivity index (χ4n) is 6.76. The van der Waals surface area contributed by atoms with Gasteiger partial charge in [-0.1, -0.05) is 74.5 Å². The van der Waals surface area contributed by atoms with Crippen molar-refractivity contribution in [3.63, 3.8) is 0 Å². The van der Waals surface area contributed by atoms with Crippen molar-refractivity contribution in [1.82, 2.24) is 10.6 Å². The summed E-state index contributed by atoms with van der Waals surface area (Å²) in [5, 5.41) is 19.0. The zero-order valence-corrected chi connectivity index (χ0v) is 32.3. The summed E-state index contributed by atoms with van der Waals surface area (Å²) in [6, 6.07) is 26.3. The standard InChI is InChI=1S/C43H47N5O10/c1-27(2)40(47-39(50)21-23-56-26-37-35-11-5-3-9-33(35)34-10-4-6-12-36(34)37)38(49)24-29(8-7-22-45-42(44)52)41(51)46-30-15-13-28(14-16-30)25-57-43(53)58-32-19-17-31(18-20-32)48(54)55/h3-6,9-20,27,29,37,40H,7-8,21-26H2,1-2H3,(H,46,51)(H,47,50)(H3,44,45,52). The van der Waals surface area contributed by atoms with Gasteiger partial charge in [-0.05, 0) is 70.8 Å². The number of non-ortho nitro benzene ring substituents is 1. The SMILES string of the molecule is CC(C)C(NC(=O)CCOCC1c2ccccc2-c2ccccc21)C(=O)CC(CCCNC(N)=O)C(=O)Nc1ccc(COC(=O)Oc2ccc([N+](=O)[O-])cc2)cc1. The number of nitro benzene ring substituents is 1. The van der Waals surface area contributed by atoms with E-state index >= 15 is 0 Å². The number of nitrogens with zero attached hydrogens (tertiary/aromatic N) is 1. The fraction of sp³-hybridized carbons (Fsp3) is 0.326. The monoisotopic (exact) mass is 793 g/mol. The van der Waals surface area contributed by atoms with E-state index in [0.29, 0.717) is 24.3 Å². The smallest absolute Gasteiger partial charge is 0.429 e. The van der Waals surface area contributed by atoms with Gasteiger partial charge < -0.3 is 35.9 Å². The molecule has 0 radical (unpaired) electrons. The van der Waals surface area contributed by atoms with Crippen LogP contribution in [0.2, 0.25) is 0 Å². The Morgan fingerprint density at radius 1 is 0.862 bits per heavy atom. The number of primary amides is 1. The van der Waals surface area contributed by atoms with E-state index in [9.17, 15) is 34.1 Å². The molecule has 0 spiro atoms. The van der Waals surface area contributed by atoms with Crippen LogP contribution in [0.25, 0.3) is 11.1 Å². The van der Waals surface area contributed by atoms with Crippen molar-refractivity contribution >= 4 is 41.2 Å². The Morgan fingerprint density at radius 2 is 1.50 bits per heavy atom. The first kappa shape index (κ1) is 42.5. The first-order valence-electron chi connectivity index (χ1n) is 19.0. The van der Waals surface area contributed by atoms with Crippen molar-refractivity contribution in [3.05, 3.63) is 124 Å². The highest BCUT2D eigenvalue weighted by Gasteiger charge is 2.30. The largest absolute Gasteiger partial charge is 0.514 e. The summed E-state index contributed by atoms with van der Waals surface area (Å²) in [5.74, 6) is -1.99. The average molecular weight is 794 g/mol. The van der Waals surface area contributed by atoms with Gasteiger partial charge in [-0.2, -0.15) is 0 Å². The van der Waals surface area contributed by atoms with Crippen molar-refractivity contribution in [1.29, 1.82) is 0 Å². The van der Waals surface area contributed by atoms with Gasteiger partial charge in [0.25, 0.3) is 5.69 Å². The molecule has 58 heavy (non-hydrogen) atoms. The molecule has 1 aliphatic carbocycles. The number of anilines is 1. The lowest BCUT2D eigenvalue weighted by Crippen LogP contribution is -2.45. The number of amides is 4. The van der Waals surface area contributed by atoms with Gasteiger partial charge in [0.1, 0.15) is 12.4 Å². The molecule has 1 aliphatic rings. The first-order chi connectivity index (χ1) is 27.9. The van der Waals surface area contributed by atoms with E-state index in [-0.39, 0.29) is 74.0 Å². The number of urea groups is 1. The summed E-state index contributed by atoms with van der Waals surface area (Å²) in [7, 11) is 0. The number of carbonyl (C=O) groups excluding carboxylic acids is 5. The fourth-order valence-corrected chi connectivity index (χ4v) is 6.76. The van der Waals surface area contributed by atoms with Crippen LogP contribution in [0.5, 0.6) is 5.75 Å². The molecule has 0 aromatic heterocycles. The van der Waals surface area contributed by atoms with E-state index in [2.05, 4.69) is 40.2 Å².